The van der Waals surface area contributed by atoms with Gasteiger partial charge in [0.1, 0.15) is 5.52 Å². The maximum absolute atomic E-state index is 12.5. The minimum atomic E-state index is -1.52. The summed E-state index contributed by atoms with van der Waals surface area (Å²) in [6.45, 7) is 0. The molecule has 2 N–H and O–H groups in total. The number of aromatic nitrogens is 3. The molecule has 2 unspecified atom stereocenters. The first-order chi connectivity index (χ1) is 13.4. The van der Waals surface area contributed by atoms with Crippen LogP contribution in [0, 0.1) is 0 Å². The number of hydrogen-bond acceptors (Lipinski definition) is 5. The van der Waals surface area contributed by atoms with Gasteiger partial charge in [-0.3, -0.25) is 19.7 Å². The van der Waals surface area contributed by atoms with E-state index >= 15 is 0 Å². The van der Waals surface area contributed by atoms with Gasteiger partial charge in [0.25, 0.3) is 0 Å². The number of carbonyl (C=O) groups is 3. The van der Waals surface area contributed by atoms with Crippen LogP contribution in [0.4, 0.5) is 5.69 Å². The average molecular weight is 396 g/mol. The van der Waals surface area contributed by atoms with Crippen LogP contribution in [0.25, 0.3) is 11.0 Å². The number of rotatable bonds is 2. The molecule has 2 aromatic carbocycles. The Hall–Kier alpha value is -3.26. The third kappa shape index (κ3) is 2.15. The molecule has 1 fully saturated rings. The fourth-order valence-electron chi connectivity index (χ4n) is 3.94. The van der Waals surface area contributed by atoms with Gasteiger partial charge in [-0.1, -0.05) is 23.4 Å². The minimum Gasteiger partial charge on any atom is -0.325 e. The van der Waals surface area contributed by atoms with E-state index in [1.165, 1.54) is 0 Å². The van der Waals surface area contributed by atoms with E-state index in [-0.39, 0.29) is 6.42 Å². The monoisotopic (exact) mass is 395 g/mol. The number of hydrogen-bond donors (Lipinski definition) is 2. The molecule has 3 aromatic rings. The Labute approximate surface area is 163 Å². The fraction of sp³-hybridized carbons (Fsp3) is 0.211. The summed E-state index contributed by atoms with van der Waals surface area (Å²) in [6.07, 6.45) is -0.202. The van der Waals surface area contributed by atoms with Gasteiger partial charge in [0.2, 0.25) is 17.7 Å². The predicted octanol–water partition coefficient (Wildman–Crippen LogP) is 1.53. The molecule has 1 saturated heterocycles. The number of nitrogens with zero attached hydrogens (tertiary/aromatic N) is 3. The molecule has 9 heteroatoms. The highest BCUT2D eigenvalue weighted by Crippen LogP contribution is 2.45. The van der Waals surface area contributed by atoms with Crippen LogP contribution in [0.15, 0.2) is 36.4 Å². The maximum atomic E-state index is 12.5. The first kappa shape index (κ1) is 16.9. The largest absolute Gasteiger partial charge is 0.325 e. The lowest BCUT2D eigenvalue weighted by Gasteiger charge is -2.18. The third-order valence-corrected chi connectivity index (χ3v) is 5.93. The standard InChI is InChI=1S/C19H14ClN5O3/c1-25-14-5-3-10(7-13(14)23-24-25)16(20)9-2-4-12-11(6-9)19(17(27)21-12)8-15(26)22-18(19)28/h2-7,16H,8H2,1H3,(H,21,27)(H,22,26,28). The van der Waals surface area contributed by atoms with E-state index in [0.29, 0.717) is 16.8 Å². The number of nitrogens with one attached hydrogen (secondary N) is 2. The van der Waals surface area contributed by atoms with Gasteiger partial charge >= 0.3 is 0 Å². The third-order valence-electron chi connectivity index (χ3n) is 5.43. The Balaban J connectivity index is 1.59. The van der Waals surface area contributed by atoms with Crippen molar-refractivity contribution in [2.24, 2.45) is 7.05 Å². The molecule has 0 radical (unpaired) electrons. The van der Waals surface area contributed by atoms with E-state index in [9.17, 15) is 14.4 Å². The molecule has 0 bridgehead atoms. The van der Waals surface area contributed by atoms with Crippen molar-refractivity contribution in [3.05, 3.63) is 53.1 Å². The SMILES string of the molecule is Cn1nnc2cc(C(Cl)c3ccc4c(c3)C3(CC(=O)NC3=O)C(=O)N4)ccc21. The van der Waals surface area contributed by atoms with E-state index in [1.807, 2.05) is 25.2 Å². The van der Waals surface area contributed by atoms with Gasteiger partial charge in [-0.05, 0) is 29.3 Å². The molecule has 140 valence electrons. The number of halogens is 1. The lowest BCUT2D eigenvalue weighted by atomic mass is 9.79. The summed E-state index contributed by atoms with van der Waals surface area (Å²) in [5.74, 6) is -1.55. The molecular formula is C19H14ClN5O3. The quantitative estimate of drug-likeness (QED) is 0.389. The summed E-state index contributed by atoms with van der Waals surface area (Å²) in [5, 5.41) is 12.5. The van der Waals surface area contributed by atoms with Gasteiger partial charge < -0.3 is 5.32 Å². The van der Waals surface area contributed by atoms with Crippen LogP contribution < -0.4 is 10.6 Å². The van der Waals surface area contributed by atoms with Crippen LogP contribution in [-0.4, -0.2) is 32.7 Å². The maximum Gasteiger partial charge on any atom is 0.247 e. The summed E-state index contributed by atoms with van der Waals surface area (Å²) in [5.41, 5.74) is 2.61. The molecule has 2 aliphatic rings. The number of fused-ring (bicyclic) bond motifs is 3. The number of anilines is 1. The molecule has 1 spiro atoms. The van der Waals surface area contributed by atoms with E-state index in [2.05, 4.69) is 20.9 Å². The van der Waals surface area contributed by atoms with Gasteiger partial charge in [0.05, 0.1) is 17.3 Å². The van der Waals surface area contributed by atoms with Gasteiger partial charge in [-0.2, -0.15) is 0 Å². The first-order valence-corrected chi connectivity index (χ1v) is 9.07. The Morgan fingerprint density at radius 2 is 1.79 bits per heavy atom. The zero-order valence-electron chi connectivity index (χ0n) is 14.7. The molecule has 0 aliphatic carbocycles. The van der Waals surface area contributed by atoms with Crippen molar-refractivity contribution in [1.29, 1.82) is 0 Å². The zero-order valence-corrected chi connectivity index (χ0v) is 15.4. The van der Waals surface area contributed by atoms with Crippen LogP contribution in [0.3, 0.4) is 0 Å². The summed E-state index contributed by atoms with van der Waals surface area (Å²) in [7, 11) is 1.81. The number of benzene rings is 2. The van der Waals surface area contributed by atoms with E-state index in [4.69, 9.17) is 11.6 Å². The summed E-state index contributed by atoms with van der Waals surface area (Å²) < 4.78 is 1.68. The number of amides is 3. The highest BCUT2D eigenvalue weighted by molar-refractivity contribution is 6.28. The van der Waals surface area contributed by atoms with Crippen molar-refractivity contribution in [1.82, 2.24) is 20.3 Å². The molecule has 1 aromatic heterocycles. The Kier molecular flexibility index (Phi) is 3.39. The Morgan fingerprint density at radius 3 is 2.54 bits per heavy atom. The molecule has 0 saturated carbocycles. The van der Waals surface area contributed by atoms with Crippen molar-refractivity contribution in [3.63, 3.8) is 0 Å². The molecule has 3 heterocycles. The molecule has 5 rings (SSSR count). The van der Waals surface area contributed by atoms with Crippen LogP contribution in [0.2, 0.25) is 0 Å². The Morgan fingerprint density at radius 1 is 1.07 bits per heavy atom. The van der Waals surface area contributed by atoms with Crippen molar-refractivity contribution in [2.75, 3.05) is 5.32 Å². The average Bonchev–Trinajstić information content (AvgIpc) is 3.29. The molecule has 28 heavy (non-hydrogen) atoms. The predicted molar refractivity (Wildman–Crippen MR) is 101 cm³/mol. The van der Waals surface area contributed by atoms with Crippen molar-refractivity contribution in [2.45, 2.75) is 17.2 Å². The minimum absolute atomic E-state index is 0.202. The first-order valence-electron chi connectivity index (χ1n) is 8.64. The topological polar surface area (TPSA) is 106 Å². The van der Waals surface area contributed by atoms with E-state index in [1.54, 1.807) is 22.9 Å². The summed E-state index contributed by atoms with van der Waals surface area (Å²) in [6, 6.07) is 10.9. The van der Waals surface area contributed by atoms with Gasteiger partial charge in [0.15, 0.2) is 5.41 Å². The molecule has 2 atom stereocenters. The van der Waals surface area contributed by atoms with Gasteiger partial charge in [-0.15, -0.1) is 16.7 Å². The molecule has 3 amide bonds. The van der Waals surface area contributed by atoms with Crippen molar-refractivity contribution >= 4 is 46.0 Å². The second-order valence-electron chi connectivity index (χ2n) is 7.04. The zero-order chi connectivity index (χ0) is 19.6. The molecule has 2 aliphatic heterocycles. The molecular weight excluding hydrogens is 382 g/mol. The number of imide groups is 1. The summed E-state index contributed by atoms with van der Waals surface area (Å²) >= 11 is 6.71. The summed E-state index contributed by atoms with van der Waals surface area (Å²) in [4.78, 5) is 36.8. The van der Waals surface area contributed by atoms with E-state index < -0.39 is 28.5 Å². The van der Waals surface area contributed by atoms with Crippen LogP contribution in [0.5, 0.6) is 0 Å². The smallest absolute Gasteiger partial charge is 0.247 e. The fourth-order valence-corrected chi connectivity index (χ4v) is 4.21. The second kappa shape index (κ2) is 5.62. The van der Waals surface area contributed by atoms with Crippen molar-refractivity contribution in [3.8, 4) is 0 Å². The lowest BCUT2D eigenvalue weighted by Crippen LogP contribution is -2.41. The lowest BCUT2D eigenvalue weighted by molar-refractivity contribution is -0.131. The molecule has 8 nitrogen and oxygen atoms in total. The highest BCUT2D eigenvalue weighted by Gasteiger charge is 2.58. The highest BCUT2D eigenvalue weighted by atomic mass is 35.5. The van der Waals surface area contributed by atoms with Gasteiger partial charge in [0, 0.05) is 18.3 Å². The van der Waals surface area contributed by atoms with E-state index in [0.717, 1.165) is 16.6 Å². The normalized spacial score (nSPS) is 21.9. The number of aryl methyl sites for hydroxylation is 1. The van der Waals surface area contributed by atoms with Crippen molar-refractivity contribution < 1.29 is 14.4 Å². The Bertz CT molecular complexity index is 1200. The number of carbonyl (C=O) groups excluding carboxylic acids is 3. The number of alkyl halides is 1. The van der Waals surface area contributed by atoms with Crippen LogP contribution in [0.1, 0.15) is 28.5 Å². The van der Waals surface area contributed by atoms with Gasteiger partial charge in [-0.25, -0.2) is 4.68 Å². The second-order valence-corrected chi connectivity index (χ2v) is 7.48. The van der Waals surface area contributed by atoms with Crippen LogP contribution in [-0.2, 0) is 26.8 Å². The van der Waals surface area contributed by atoms with Crippen LogP contribution >= 0.6 is 11.6 Å².